The monoisotopic (exact) mass is 241 g/mol. The van der Waals surface area contributed by atoms with Crippen LogP contribution in [0, 0.1) is 6.92 Å². The fourth-order valence-corrected chi connectivity index (χ4v) is 1.62. The van der Waals surface area contributed by atoms with Gasteiger partial charge in [0.1, 0.15) is 17.3 Å². The minimum Gasteiger partial charge on any atom is -0.494 e. The zero-order valence-electron chi connectivity index (χ0n) is 10.5. The second kappa shape index (κ2) is 5.91. The first-order valence-corrected chi connectivity index (χ1v) is 5.73. The van der Waals surface area contributed by atoms with Crippen LogP contribution in [0.15, 0.2) is 41.7 Å². The van der Waals surface area contributed by atoms with Gasteiger partial charge in [0.2, 0.25) is 0 Å². The maximum Gasteiger partial charge on any atom is 0.144 e. The highest BCUT2D eigenvalue weighted by Gasteiger charge is 2.03. The largest absolute Gasteiger partial charge is 0.494 e. The number of aliphatic imine (C=N–C) groups is 1. The Kier molecular flexibility index (Phi) is 4.02. The summed E-state index contributed by atoms with van der Waals surface area (Å²) >= 11 is 0. The summed E-state index contributed by atoms with van der Waals surface area (Å²) in [4.78, 5) is 12.7. The molecule has 0 spiro atoms. The Morgan fingerprint density at radius 1 is 1.22 bits per heavy atom. The molecule has 2 aromatic rings. The summed E-state index contributed by atoms with van der Waals surface area (Å²) in [5.41, 5.74) is 1.94. The molecule has 92 valence electrons. The zero-order valence-corrected chi connectivity index (χ0v) is 10.5. The van der Waals surface area contributed by atoms with Crippen molar-refractivity contribution in [3.8, 4) is 5.75 Å². The molecule has 1 aromatic heterocycles. The Balaban J connectivity index is 2.14. The van der Waals surface area contributed by atoms with Crippen molar-refractivity contribution in [2.75, 3.05) is 7.11 Å². The van der Waals surface area contributed by atoms with Gasteiger partial charge in [0, 0.05) is 25.0 Å². The number of para-hydroxylation sites is 1. The predicted molar refractivity (Wildman–Crippen MR) is 71.6 cm³/mol. The van der Waals surface area contributed by atoms with Crippen LogP contribution in [0.2, 0.25) is 0 Å². The van der Waals surface area contributed by atoms with Crippen molar-refractivity contribution < 1.29 is 4.74 Å². The van der Waals surface area contributed by atoms with Crippen LogP contribution in [0.1, 0.15) is 11.4 Å². The molecule has 0 aliphatic carbocycles. The van der Waals surface area contributed by atoms with E-state index < -0.39 is 0 Å². The summed E-state index contributed by atoms with van der Waals surface area (Å²) in [6.45, 7) is 2.01. The molecule has 0 saturated heterocycles. The van der Waals surface area contributed by atoms with Gasteiger partial charge in [0.25, 0.3) is 0 Å². The molecule has 4 nitrogen and oxygen atoms in total. The molecule has 0 aliphatic rings. The maximum atomic E-state index is 5.28. The Bertz CT molecular complexity index is 538. The first-order chi connectivity index (χ1) is 8.81. The van der Waals surface area contributed by atoms with Gasteiger partial charge < -0.3 is 4.74 Å². The van der Waals surface area contributed by atoms with Crippen LogP contribution in [0.5, 0.6) is 5.75 Å². The highest BCUT2D eigenvalue weighted by Crippen LogP contribution is 2.30. The Hall–Kier alpha value is -2.23. The highest BCUT2D eigenvalue weighted by atomic mass is 16.5. The van der Waals surface area contributed by atoms with Gasteiger partial charge in [0.05, 0.1) is 7.11 Å². The summed E-state index contributed by atoms with van der Waals surface area (Å²) in [6, 6.07) is 7.66. The lowest BCUT2D eigenvalue weighted by molar-refractivity contribution is 0.416. The van der Waals surface area contributed by atoms with Crippen LogP contribution in [-0.2, 0) is 6.42 Å². The molecule has 0 bridgehead atoms. The van der Waals surface area contributed by atoms with Gasteiger partial charge in [-0.3, -0.25) is 4.99 Å². The fraction of sp³-hybridized carbons (Fsp3) is 0.214. The molecule has 2 rings (SSSR count). The average molecular weight is 241 g/mol. The molecule has 4 heteroatoms. The number of rotatable bonds is 4. The van der Waals surface area contributed by atoms with E-state index in [4.69, 9.17) is 4.74 Å². The molecule has 18 heavy (non-hydrogen) atoms. The van der Waals surface area contributed by atoms with E-state index in [-0.39, 0.29) is 0 Å². The predicted octanol–water partition coefficient (Wildman–Crippen LogP) is 2.74. The normalized spacial score (nSPS) is 10.8. The van der Waals surface area contributed by atoms with Crippen LogP contribution in [0.25, 0.3) is 0 Å². The lowest BCUT2D eigenvalue weighted by atomic mass is 10.2. The second-order valence-corrected chi connectivity index (χ2v) is 3.81. The van der Waals surface area contributed by atoms with Crippen molar-refractivity contribution in [2.24, 2.45) is 4.99 Å². The van der Waals surface area contributed by atoms with E-state index in [2.05, 4.69) is 15.0 Å². The summed E-state index contributed by atoms with van der Waals surface area (Å²) in [7, 11) is 1.65. The van der Waals surface area contributed by atoms with E-state index >= 15 is 0 Å². The molecule has 0 radical (unpaired) electrons. The number of aryl methyl sites for hydroxylation is 1. The lowest BCUT2D eigenvalue weighted by Crippen LogP contribution is -1.94. The molecule has 0 N–H and O–H groups in total. The maximum absolute atomic E-state index is 5.28. The van der Waals surface area contributed by atoms with Crippen LogP contribution in [0.3, 0.4) is 0 Å². The number of methoxy groups -OCH3 is 1. The number of hydrogen-bond donors (Lipinski definition) is 0. The number of nitrogens with zero attached hydrogens (tertiary/aromatic N) is 3. The third kappa shape index (κ3) is 2.91. The van der Waals surface area contributed by atoms with Crippen LogP contribution < -0.4 is 4.74 Å². The number of ether oxygens (including phenoxy) is 1. The molecule has 0 atom stereocenters. The molecular formula is C14H15N3O. The van der Waals surface area contributed by atoms with Crippen molar-refractivity contribution in [3.63, 3.8) is 0 Å². The van der Waals surface area contributed by atoms with Gasteiger partial charge in [-0.2, -0.15) is 0 Å². The topological polar surface area (TPSA) is 47.4 Å². The van der Waals surface area contributed by atoms with E-state index in [9.17, 15) is 0 Å². The van der Waals surface area contributed by atoms with Gasteiger partial charge in [-0.15, -0.1) is 0 Å². The van der Waals surface area contributed by atoms with Gasteiger partial charge in [-0.25, -0.2) is 9.97 Å². The smallest absolute Gasteiger partial charge is 0.144 e. The second-order valence-electron chi connectivity index (χ2n) is 3.81. The zero-order chi connectivity index (χ0) is 12.8. The van der Waals surface area contributed by atoms with Crippen LogP contribution in [-0.4, -0.2) is 23.3 Å². The third-order valence-electron chi connectivity index (χ3n) is 2.53. The van der Waals surface area contributed by atoms with Gasteiger partial charge >= 0.3 is 0 Å². The van der Waals surface area contributed by atoms with E-state index in [0.717, 1.165) is 22.8 Å². The molecule has 1 aromatic carbocycles. The van der Waals surface area contributed by atoms with E-state index in [1.54, 1.807) is 31.8 Å². The minimum absolute atomic E-state index is 0.609. The van der Waals surface area contributed by atoms with Crippen molar-refractivity contribution in [3.05, 3.63) is 48.0 Å². The molecule has 0 unspecified atom stereocenters. The van der Waals surface area contributed by atoms with E-state index in [1.807, 2.05) is 25.1 Å². The molecular weight excluding hydrogens is 226 g/mol. The third-order valence-corrected chi connectivity index (χ3v) is 2.53. The molecule has 0 saturated carbocycles. The summed E-state index contributed by atoms with van der Waals surface area (Å²) in [6.07, 6.45) is 5.87. The van der Waals surface area contributed by atoms with Crippen LogP contribution >= 0.6 is 0 Å². The first-order valence-electron chi connectivity index (χ1n) is 5.73. The summed E-state index contributed by atoms with van der Waals surface area (Å²) < 4.78 is 5.28. The molecule has 0 amide bonds. The fourth-order valence-electron chi connectivity index (χ4n) is 1.62. The van der Waals surface area contributed by atoms with E-state index in [1.165, 1.54) is 0 Å². The SMILES string of the molecule is COc1cccc(C)c1N=CCc1ncccn1. The first kappa shape index (κ1) is 12.2. The van der Waals surface area contributed by atoms with E-state index in [0.29, 0.717) is 6.42 Å². The number of aromatic nitrogens is 2. The summed E-state index contributed by atoms with van der Waals surface area (Å²) in [5.74, 6) is 1.54. The highest BCUT2D eigenvalue weighted by molar-refractivity contribution is 5.69. The Morgan fingerprint density at radius 3 is 2.72 bits per heavy atom. The molecule has 0 aliphatic heterocycles. The van der Waals surface area contributed by atoms with Crippen molar-refractivity contribution in [2.45, 2.75) is 13.3 Å². The van der Waals surface area contributed by atoms with Crippen molar-refractivity contribution in [1.82, 2.24) is 9.97 Å². The lowest BCUT2D eigenvalue weighted by Gasteiger charge is -2.06. The Labute approximate surface area is 106 Å². The number of hydrogen-bond acceptors (Lipinski definition) is 4. The van der Waals surface area contributed by atoms with Gasteiger partial charge in [-0.1, -0.05) is 12.1 Å². The molecule has 1 heterocycles. The molecule has 0 fully saturated rings. The average Bonchev–Trinajstić information content (AvgIpc) is 2.41. The Morgan fingerprint density at radius 2 is 2.00 bits per heavy atom. The number of benzene rings is 1. The van der Waals surface area contributed by atoms with Crippen molar-refractivity contribution in [1.29, 1.82) is 0 Å². The minimum atomic E-state index is 0.609. The summed E-state index contributed by atoms with van der Waals surface area (Å²) in [5, 5.41) is 0. The van der Waals surface area contributed by atoms with Crippen molar-refractivity contribution >= 4 is 11.9 Å². The van der Waals surface area contributed by atoms with Gasteiger partial charge in [0.15, 0.2) is 0 Å². The van der Waals surface area contributed by atoms with Crippen LogP contribution in [0.4, 0.5) is 5.69 Å². The standard InChI is InChI=1S/C14H15N3O/c1-11-5-3-6-12(18-2)14(11)17-10-7-13-15-8-4-9-16-13/h3-6,8-10H,7H2,1-2H3. The van der Waals surface area contributed by atoms with Gasteiger partial charge in [-0.05, 0) is 24.6 Å². The quantitative estimate of drug-likeness (QED) is 0.773.